The molecule has 0 fully saturated rings. The Morgan fingerprint density at radius 2 is 2.08 bits per heavy atom. The summed E-state index contributed by atoms with van der Waals surface area (Å²) < 4.78 is 5.57. The highest BCUT2D eigenvalue weighted by Gasteiger charge is 2.03. The van der Waals surface area contributed by atoms with E-state index in [-0.39, 0.29) is 6.10 Å². The predicted octanol–water partition coefficient (Wildman–Crippen LogP) is 2.76. The van der Waals surface area contributed by atoms with Crippen LogP contribution in [0.25, 0.3) is 0 Å². The highest BCUT2D eigenvalue weighted by atomic mass is 16.5. The minimum Gasteiger partial charge on any atom is -0.490 e. The largest absolute Gasteiger partial charge is 0.490 e. The molecule has 0 aliphatic heterocycles. The molecule has 0 aromatic heterocycles. The van der Waals surface area contributed by atoms with Crippen LogP contribution in [-0.2, 0) is 0 Å². The summed E-state index contributed by atoms with van der Waals surface area (Å²) in [6.07, 6.45) is 5.51. The van der Waals surface area contributed by atoms with Crippen LogP contribution >= 0.6 is 0 Å². The zero-order valence-electron chi connectivity index (χ0n) is 8.29. The molecule has 0 saturated carbocycles. The molecule has 1 rings (SSSR count). The van der Waals surface area contributed by atoms with Gasteiger partial charge in [0.1, 0.15) is 5.75 Å². The molecule has 0 aliphatic carbocycles. The number of aryl methyl sites for hydroxylation is 1. The van der Waals surface area contributed by atoms with Crippen molar-refractivity contribution in [2.24, 2.45) is 0 Å². The maximum atomic E-state index is 5.57. The van der Waals surface area contributed by atoms with Crippen LogP contribution in [0.4, 0.5) is 0 Å². The van der Waals surface area contributed by atoms with E-state index in [2.05, 4.69) is 5.92 Å². The summed E-state index contributed by atoms with van der Waals surface area (Å²) in [5, 5.41) is 0. The van der Waals surface area contributed by atoms with Crippen LogP contribution in [-0.4, -0.2) is 6.10 Å². The molecule has 13 heavy (non-hydrogen) atoms. The van der Waals surface area contributed by atoms with Gasteiger partial charge in [-0.3, -0.25) is 0 Å². The maximum Gasteiger partial charge on any atom is 0.135 e. The van der Waals surface area contributed by atoms with E-state index in [0.717, 1.165) is 16.9 Å². The summed E-state index contributed by atoms with van der Waals surface area (Å²) in [4.78, 5) is 0. The van der Waals surface area contributed by atoms with Crippen molar-refractivity contribution in [2.75, 3.05) is 0 Å². The van der Waals surface area contributed by atoms with Crippen LogP contribution in [0, 0.1) is 19.3 Å². The normalized spacial score (nSPS) is 9.77. The summed E-state index contributed by atoms with van der Waals surface area (Å²) in [6, 6.07) is 5.87. The van der Waals surface area contributed by atoms with E-state index in [9.17, 15) is 0 Å². The lowest BCUT2D eigenvalue weighted by Crippen LogP contribution is -2.06. The van der Waals surface area contributed by atoms with Crippen LogP contribution in [0.3, 0.4) is 0 Å². The van der Waals surface area contributed by atoms with E-state index >= 15 is 0 Å². The molecule has 1 aromatic carbocycles. The predicted molar refractivity (Wildman–Crippen MR) is 54.9 cm³/mol. The minimum absolute atomic E-state index is 0.161. The van der Waals surface area contributed by atoms with Gasteiger partial charge in [0.05, 0.1) is 11.7 Å². The van der Waals surface area contributed by atoms with Crippen molar-refractivity contribution in [3.63, 3.8) is 0 Å². The van der Waals surface area contributed by atoms with Crippen molar-refractivity contribution in [3.05, 3.63) is 29.3 Å². The second kappa shape index (κ2) is 4.00. The fraction of sp³-hybridized carbons (Fsp3) is 0.333. The van der Waals surface area contributed by atoms with Gasteiger partial charge in [0.2, 0.25) is 0 Å². The van der Waals surface area contributed by atoms with Gasteiger partial charge in [0, 0.05) is 0 Å². The molecule has 0 unspecified atom stereocenters. The Labute approximate surface area is 79.7 Å². The lowest BCUT2D eigenvalue weighted by molar-refractivity contribution is 0.241. The molecular weight excluding hydrogens is 160 g/mol. The molecule has 1 nitrogen and oxygen atoms in total. The maximum absolute atomic E-state index is 5.57. The number of benzene rings is 1. The fourth-order valence-electron chi connectivity index (χ4n) is 1.10. The molecule has 0 atom stereocenters. The highest BCUT2D eigenvalue weighted by molar-refractivity contribution is 5.46. The van der Waals surface area contributed by atoms with E-state index in [1.54, 1.807) is 0 Å². The number of hydrogen-bond acceptors (Lipinski definition) is 1. The first-order chi connectivity index (χ1) is 6.13. The Kier molecular flexibility index (Phi) is 2.97. The number of hydrogen-bond donors (Lipinski definition) is 0. The third-order valence-electron chi connectivity index (χ3n) is 1.66. The Balaban J connectivity index is 3.03. The van der Waals surface area contributed by atoms with Crippen molar-refractivity contribution in [2.45, 2.75) is 26.9 Å². The van der Waals surface area contributed by atoms with Crippen molar-refractivity contribution >= 4 is 0 Å². The first-order valence-corrected chi connectivity index (χ1v) is 4.37. The second-order valence-corrected chi connectivity index (χ2v) is 3.31. The molecule has 0 spiro atoms. The standard InChI is InChI=1S/C12H14O/c1-5-11-7-6-10(4)8-12(11)13-9(2)3/h1,6-9H,2-4H3. The van der Waals surface area contributed by atoms with E-state index in [4.69, 9.17) is 11.2 Å². The van der Waals surface area contributed by atoms with E-state index < -0.39 is 0 Å². The Bertz CT molecular complexity index is 331. The molecule has 0 amide bonds. The van der Waals surface area contributed by atoms with E-state index in [1.165, 1.54) is 0 Å². The summed E-state index contributed by atoms with van der Waals surface area (Å²) in [5.41, 5.74) is 1.98. The quantitative estimate of drug-likeness (QED) is 0.626. The van der Waals surface area contributed by atoms with Crippen molar-refractivity contribution in [3.8, 4) is 18.1 Å². The molecule has 0 heterocycles. The lowest BCUT2D eigenvalue weighted by Gasteiger charge is -2.11. The van der Waals surface area contributed by atoms with Gasteiger partial charge < -0.3 is 4.74 Å². The van der Waals surface area contributed by atoms with Crippen molar-refractivity contribution < 1.29 is 4.74 Å². The Morgan fingerprint density at radius 1 is 1.38 bits per heavy atom. The first kappa shape index (κ1) is 9.67. The van der Waals surface area contributed by atoms with Crippen LogP contribution in [0.15, 0.2) is 18.2 Å². The highest BCUT2D eigenvalue weighted by Crippen LogP contribution is 2.20. The van der Waals surface area contributed by atoms with E-state index in [0.29, 0.717) is 0 Å². The van der Waals surface area contributed by atoms with Gasteiger partial charge in [-0.2, -0.15) is 0 Å². The van der Waals surface area contributed by atoms with Crippen LogP contribution < -0.4 is 4.74 Å². The molecule has 1 heteroatoms. The number of rotatable bonds is 2. The molecule has 0 bridgehead atoms. The molecular formula is C12H14O. The van der Waals surface area contributed by atoms with Gasteiger partial charge in [-0.25, -0.2) is 0 Å². The molecule has 0 N–H and O–H groups in total. The summed E-state index contributed by atoms with van der Waals surface area (Å²) in [5.74, 6) is 3.41. The van der Waals surface area contributed by atoms with Gasteiger partial charge in [0.25, 0.3) is 0 Å². The van der Waals surface area contributed by atoms with Crippen LogP contribution in [0.5, 0.6) is 5.75 Å². The van der Waals surface area contributed by atoms with Crippen molar-refractivity contribution in [1.82, 2.24) is 0 Å². The minimum atomic E-state index is 0.161. The summed E-state index contributed by atoms with van der Waals surface area (Å²) in [7, 11) is 0. The number of ether oxygens (including phenoxy) is 1. The smallest absolute Gasteiger partial charge is 0.135 e. The Hall–Kier alpha value is -1.42. The first-order valence-electron chi connectivity index (χ1n) is 4.37. The zero-order chi connectivity index (χ0) is 9.84. The molecule has 68 valence electrons. The third kappa shape index (κ3) is 2.52. The third-order valence-corrected chi connectivity index (χ3v) is 1.66. The summed E-state index contributed by atoms with van der Waals surface area (Å²) >= 11 is 0. The van der Waals surface area contributed by atoms with Gasteiger partial charge in [-0.1, -0.05) is 12.0 Å². The zero-order valence-corrected chi connectivity index (χ0v) is 8.29. The average Bonchev–Trinajstić information content (AvgIpc) is 2.03. The van der Waals surface area contributed by atoms with Gasteiger partial charge in [-0.05, 0) is 38.5 Å². The van der Waals surface area contributed by atoms with Crippen molar-refractivity contribution in [1.29, 1.82) is 0 Å². The molecule has 0 saturated heterocycles. The SMILES string of the molecule is C#Cc1ccc(C)cc1OC(C)C. The van der Waals surface area contributed by atoms with Gasteiger partial charge >= 0.3 is 0 Å². The monoisotopic (exact) mass is 174 g/mol. The molecule has 0 radical (unpaired) electrons. The van der Waals surface area contributed by atoms with Crippen LogP contribution in [0.1, 0.15) is 25.0 Å². The fourth-order valence-corrected chi connectivity index (χ4v) is 1.10. The van der Waals surface area contributed by atoms with Crippen LogP contribution in [0.2, 0.25) is 0 Å². The second-order valence-electron chi connectivity index (χ2n) is 3.31. The average molecular weight is 174 g/mol. The summed E-state index contributed by atoms with van der Waals surface area (Å²) in [6.45, 7) is 6.00. The topological polar surface area (TPSA) is 9.23 Å². The van der Waals surface area contributed by atoms with Gasteiger partial charge in [0.15, 0.2) is 0 Å². The number of terminal acetylenes is 1. The molecule has 0 aliphatic rings. The van der Waals surface area contributed by atoms with E-state index in [1.807, 2.05) is 39.0 Å². The molecule has 1 aromatic rings. The Morgan fingerprint density at radius 3 is 2.62 bits per heavy atom. The van der Waals surface area contributed by atoms with Gasteiger partial charge in [-0.15, -0.1) is 6.42 Å². The lowest BCUT2D eigenvalue weighted by atomic mass is 10.1.